The quantitative estimate of drug-likeness (QED) is 0.206. The van der Waals surface area contributed by atoms with E-state index in [1.54, 1.807) is 0 Å². The zero-order chi connectivity index (χ0) is 24.9. The molecule has 0 spiro atoms. The first-order valence-electron chi connectivity index (χ1n) is 13.7. The zero-order valence-corrected chi connectivity index (χ0v) is 22.5. The van der Waals surface area contributed by atoms with Crippen molar-refractivity contribution in [3.8, 4) is 11.5 Å². The zero-order valence-electron chi connectivity index (χ0n) is 22.5. The van der Waals surface area contributed by atoms with Crippen molar-refractivity contribution < 1.29 is 14.3 Å². The fourth-order valence-corrected chi connectivity index (χ4v) is 5.01. The molecule has 3 heteroatoms. The van der Waals surface area contributed by atoms with Crippen molar-refractivity contribution in [2.45, 2.75) is 119 Å². The third kappa shape index (κ3) is 7.35. The van der Waals surface area contributed by atoms with E-state index in [9.17, 15) is 4.79 Å². The van der Waals surface area contributed by atoms with Gasteiger partial charge < -0.3 is 9.47 Å². The minimum Gasteiger partial charge on any atom is -0.394 e. The van der Waals surface area contributed by atoms with Gasteiger partial charge in [0.15, 0.2) is 0 Å². The highest BCUT2D eigenvalue weighted by atomic mass is 16.7. The summed E-state index contributed by atoms with van der Waals surface area (Å²) in [5, 5.41) is 0. The Morgan fingerprint density at radius 1 is 0.500 bits per heavy atom. The first-order chi connectivity index (χ1) is 16.5. The lowest BCUT2D eigenvalue weighted by Crippen LogP contribution is -2.17. The van der Waals surface area contributed by atoms with Crippen molar-refractivity contribution in [3.63, 3.8) is 0 Å². The predicted molar refractivity (Wildman–Crippen MR) is 144 cm³/mol. The van der Waals surface area contributed by atoms with E-state index in [0.29, 0.717) is 11.5 Å². The average molecular weight is 467 g/mol. The summed E-state index contributed by atoms with van der Waals surface area (Å²) in [5.74, 6) is 1.31. The fraction of sp³-hybridized carbons (Fsp3) is 0.581. The average Bonchev–Trinajstić information content (AvgIpc) is 2.81. The van der Waals surface area contributed by atoms with Gasteiger partial charge in [0.2, 0.25) is 0 Å². The first-order valence-corrected chi connectivity index (χ1v) is 13.7. The Hall–Kier alpha value is -2.29. The molecule has 0 amide bonds. The number of carbonyl (C=O) groups excluding carboxylic acids is 1. The van der Waals surface area contributed by atoms with Crippen LogP contribution >= 0.6 is 0 Å². The molecule has 0 aliphatic rings. The topological polar surface area (TPSA) is 35.5 Å². The lowest BCUT2D eigenvalue weighted by Gasteiger charge is -2.20. The van der Waals surface area contributed by atoms with Gasteiger partial charge in [-0.2, -0.15) is 0 Å². The molecule has 0 bridgehead atoms. The molecule has 2 aromatic rings. The Bertz CT molecular complexity index is 840. The van der Waals surface area contributed by atoms with E-state index in [1.165, 1.54) is 33.4 Å². The van der Waals surface area contributed by atoms with Gasteiger partial charge >= 0.3 is 6.16 Å². The van der Waals surface area contributed by atoms with Gasteiger partial charge in [-0.25, -0.2) is 4.79 Å². The summed E-state index contributed by atoms with van der Waals surface area (Å²) in [7, 11) is 0. The van der Waals surface area contributed by atoms with E-state index in [1.807, 2.05) is 12.1 Å². The van der Waals surface area contributed by atoms with Gasteiger partial charge in [0.25, 0.3) is 0 Å². The first kappa shape index (κ1) is 28.0. The number of ether oxygens (including phenoxy) is 2. The Kier molecular flexibility index (Phi) is 12.2. The van der Waals surface area contributed by atoms with E-state index in [-0.39, 0.29) is 0 Å². The van der Waals surface area contributed by atoms with Gasteiger partial charge in [0, 0.05) is 0 Å². The predicted octanol–water partition coefficient (Wildman–Crippen LogP) is 8.98. The van der Waals surface area contributed by atoms with Crippen molar-refractivity contribution in [1.82, 2.24) is 0 Å². The minimum atomic E-state index is -0.633. The number of carbonyl (C=O) groups is 1. The van der Waals surface area contributed by atoms with Crippen LogP contribution in [0.15, 0.2) is 24.3 Å². The van der Waals surface area contributed by atoms with Crippen LogP contribution in [0.5, 0.6) is 11.5 Å². The molecule has 0 heterocycles. The number of hydrogen-bond acceptors (Lipinski definition) is 3. The molecule has 0 radical (unpaired) electrons. The third-order valence-corrected chi connectivity index (χ3v) is 6.40. The van der Waals surface area contributed by atoms with Gasteiger partial charge in [0.05, 0.1) is 0 Å². The number of rotatable bonds is 14. The van der Waals surface area contributed by atoms with Crippen molar-refractivity contribution in [1.29, 1.82) is 0 Å². The van der Waals surface area contributed by atoms with Crippen LogP contribution in [0.1, 0.15) is 113 Å². The highest BCUT2D eigenvalue weighted by Gasteiger charge is 2.20. The van der Waals surface area contributed by atoms with Crippen LogP contribution in [0, 0.1) is 0 Å². The highest BCUT2D eigenvalue weighted by molar-refractivity contribution is 5.69. The summed E-state index contributed by atoms with van der Waals surface area (Å²) in [4.78, 5) is 13.0. The molecule has 0 saturated heterocycles. The van der Waals surface area contributed by atoms with Crippen LogP contribution in [0.4, 0.5) is 4.79 Å². The van der Waals surface area contributed by atoms with Crippen LogP contribution in [-0.4, -0.2) is 6.16 Å². The van der Waals surface area contributed by atoms with Crippen LogP contribution < -0.4 is 9.47 Å². The van der Waals surface area contributed by atoms with Gasteiger partial charge in [-0.1, -0.05) is 92.2 Å². The standard InChI is InChI=1S/C31H46O3/c1-7-13-23-19-21-29(27(17-11-5)25(23)15-9-3)33-31(32)34-30-22-20-24(14-8-2)26(16-10-4)28(30)18-12-6/h19-22H,7-18H2,1-6H3. The second-order valence-electron chi connectivity index (χ2n) is 9.31. The lowest BCUT2D eigenvalue weighted by molar-refractivity contribution is 0.151. The summed E-state index contributed by atoms with van der Waals surface area (Å²) >= 11 is 0. The Labute approximate surface area is 208 Å². The Morgan fingerprint density at radius 2 is 0.824 bits per heavy atom. The molecule has 0 aromatic heterocycles. The third-order valence-electron chi connectivity index (χ3n) is 6.40. The van der Waals surface area contributed by atoms with Gasteiger partial charge in [0.1, 0.15) is 11.5 Å². The number of benzene rings is 2. The molecule has 0 fully saturated rings. The maximum Gasteiger partial charge on any atom is 0.519 e. The summed E-state index contributed by atoms with van der Waals surface area (Å²) in [6.45, 7) is 13.2. The molecule has 2 rings (SSSR count). The molecule has 0 aliphatic carbocycles. The number of hydrogen-bond donors (Lipinski definition) is 0. The normalized spacial score (nSPS) is 11.0. The van der Waals surface area contributed by atoms with Crippen LogP contribution in [0.2, 0.25) is 0 Å². The molecule has 2 aromatic carbocycles. The summed E-state index contributed by atoms with van der Waals surface area (Å²) in [5.41, 5.74) is 7.83. The lowest BCUT2D eigenvalue weighted by atomic mass is 9.91. The van der Waals surface area contributed by atoms with Crippen LogP contribution in [-0.2, 0) is 38.5 Å². The molecular weight excluding hydrogens is 420 g/mol. The molecule has 0 unspecified atom stereocenters. The fourth-order valence-electron chi connectivity index (χ4n) is 5.01. The van der Waals surface area contributed by atoms with Crippen molar-refractivity contribution in [2.75, 3.05) is 0 Å². The maximum absolute atomic E-state index is 13.0. The SMILES string of the molecule is CCCc1ccc(OC(=O)Oc2ccc(CCC)c(CCC)c2CCC)c(CCC)c1CCC. The highest BCUT2D eigenvalue weighted by Crippen LogP contribution is 2.32. The van der Waals surface area contributed by atoms with E-state index in [2.05, 4.69) is 53.7 Å². The molecule has 34 heavy (non-hydrogen) atoms. The van der Waals surface area contributed by atoms with Crippen molar-refractivity contribution in [3.05, 3.63) is 57.6 Å². The second-order valence-corrected chi connectivity index (χ2v) is 9.31. The second kappa shape index (κ2) is 14.9. The molecule has 188 valence electrons. The van der Waals surface area contributed by atoms with Gasteiger partial charge in [-0.15, -0.1) is 0 Å². The molecule has 0 saturated carbocycles. The summed E-state index contributed by atoms with van der Waals surface area (Å²) in [6.07, 6.45) is 11.7. The monoisotopic (exact) mass is 466 g/mol. The van der Waals surface area contributed by atoms with E-state index in [0.717, 1.165) is 77.0 Å². The molecule has 0 aliphatic heterocycles. The Morgan fingerprint density at radius 3 is 1.15 bits per heavy atom. The molecular formula is C31H46O3. The van der Waals surface area contributed by atoms with E-state index < -0.39 is 6.16 Å². The Balaban J connectivity index is 2.38. The molecule has 3 nitrogen and oxygen atoms in total. The van der Waals surface area contributed by atoms with Gasteiger partial charge in [-0.3, -0.25) is 0 Å². The largest absolute Gasteiger partial charge is 0.519 e. The summed E-state index contributed by atoms with van der Waals surface area (Å²) in [6, 6.07) is 8.21. The van der Waals surface area contributed by atoms with Crippen LogP contribution in [0.3, 0.4) is 0 Å². The molecule has 0 N–H and O–H groups in total. The minimum absolute atomic E-state index is 0.633. The van der Waals surface area contributed by atoms with Gasteiger partial charge in [-0.05, 0) is 84.0 Å². The smallest absolute Gasteiger partial charge is 0.394 e. The van der Waals surface area contributed by atoms with E-state index in [4.69, 9.17) is 9.47 Å². The van der Waals surface area contributed by atoms with Crippen molar-refractivity contribution >= 4 is 6.16 Å². The maximum atomic E-state index is 13.0. The number of aryl methyl sites for hydroxylation is 2. The van der Waals surface area contributed by atoms with Crippen LogP contribution in [0.25, 0.3) is 0 Å². The van der Waals surface area contributed by atoms with Crippen molar-refractivity contribution in [2.24, 2.45) is 0 Å². The van der Waals surface area contributed by atoms with E-state index >= 15 is 0 Å². The molecule has 0 atom stereocenters. The summed E-state index contributed by atoms with van der Waals surface area (Å²) < 4.78 is 11.7.